The van der Waals surface area contributed by atoms with Gasteiger partial charge in [0.25, 0.3) is 11.8 Å². The number of piperazine rings is 1. The largest absolute Gasteiger partial charge is 0.481 e. The van der Waals surface area contributed by atoms with Crippen molar-refractivity contribution in [2.75, 3.05) is 32.7 Å². The highest BCUT2D eigenvalue weighted by Crippen LogP contribution is 2.26. The minimum atomic E-state index is -2.83. The summed E-state index contributed by atoms with van der Waals surface area (Å²) in [4.78, 5) is 28.2. The summed E-state index contributed by atoms with van der Waals surface area (Å²) >= 11 is 0. The molecule has 1 N–H and O–H groups in total. The standard InChI is InChI=1S/C19H25F2N3O3.ClH/c1-13-5-3-4-6-16(13)27-14(2)17(25)23-7-9-24(10-8-23)18(26)15-11-19(20,21)12-22-15;/h3-6,14-15,22H,7-12H2,1-2H3;1H. The number of benzene rings is 1. The zero-order chi connectivity index (χ0) is 19.6. The fraction of sp³-hybridized carbons (Fsp3) is 0.579. The number of para-hydroxylation sites is 1. The summed E-state index contributed by atoms with van der Waals surface area (Å²) in [5.41, 5.74) is 0.952. The van der Waals surface area contributed by atoms with E-state index < -0.39 is 31.0 Å². The summed E-state index contributed by atoms with van der Waals surface area (Å²) in [7, 11) is 0. The first-order chi connectivity index (χ1) is 12.8. The van der Waals surface area contributed by atoms with Crippen LogP contribution in [0.4, 0.5) is 8.78 Å². The Labute approximate surface area is 169 Å². The van der Waals surface area contributed by atoms with Crippen LogP contribution in [0.2, 0.25) is 0 Å². The van der Waals surface area contributed by atoms with E-state index in [2.05, 4.69) is 5.32 Å². The monoisotopic (exact) mass is 417 g/mol. The summed E-state index contributed by atoms with van der Waals surface area (Å²) in [6, 6.07) is 6.65. The first-order valence-corrected chi connectivity index (χ1v) is 9.18. The molecule has 0 saturated carbocycles. The number of hydrogen-bond acceptors (Lipinski definition) is 4. The molecule has 2 atom stereocenters. The van der Waals surface area contributed by atoms with Gasteiger partial charge < -0.3 is 14.5 Å². The number of nitrogens with one attached hydrogen (secondary N) is 1. The Morgan fingerprint density at radius 2 is 1.79 bits per heavy atom. The van der Waals surface area contributed by atoms with Crippen LogP contribution in [0.5, 0.6) is 5.75 Å². The van der Waals surface area contributed by atoms with Crippen LogP contribution in [0.25, 0.3) is 0 Å². The van der Waals surface area contributed by atoms with Gasteiger partial charge in [-0.3, -0.25) is 14.9 Å². The number of rotatable bonds is 4. The Morgan fingerprint density at radius 1 is 1.18 bits per heavy atom. The molecule has 2 heterocycles. The quantitative estimate of drug-likeness (QED) is 0.812. The molecular weight excluding hydrogens is 392 g/mol. The molecule has 2 saturated heterocycles. The van der Waals surface area contributed by atoms with Gasteiger partial charge in [0.15, 0.2) is 6.10 Å². The summed E-state index contributed by atoms with van der Waals surface area (Å²) < 4.78 is 32.3. The van der Waals surface area contributed by atoms with Gasteiger partial charge in [-0.2, -0.15) is 0 Å². The average Bonchev–Trinajstić information content (AvgIpc) is 3.02. The van der Waals surface area contributed by atoms with Crippen LogP contribution in [0.1, 0.15) is 18.9 Å². The zero-order valence-corrected chi connectivity index (χ0v) is 16.8. The van der Waals surface area contributed by atoms with E-state index in [-0.39, 0.29) is 24.2 Å². The lowest BCUT2D eigenvalue weighted by Gasteiger charge is -2.37. The molecule has 1 aromatic rings. The number of carbonyl (C=O) groups is 2. The summed E-state index contributed by atoms with van der Waals surface area (Å²) in [5, 5.41) is 2.59. The first-order valence-electron chi connectivity index (χ1n) is 9.18. The highest BCUT2D eigenvalue weighted by molar-refractivity contribution is 5.85. The number of amides is 2. The Balaban J connectivity index is 0.00000280. The van der Waals surface area contributed by atoms with Crippen LogP contribution in [-0.2, 0) is 9.59 Å². The third-order valence-corrected chi connectivity index (χ3v) is 5.06. The molecule has 0 radical (unpaired) electrons. The van der Waals surface area contributed by atoms with Gasteiger partial charge in [-0.05, 0) is 25.5 Å². The van der Waals surface area contributed by atoms with Crippen molar-refractivity contribution in [3.8, 4) is 5.75 Å². The van der Waals surface area contributed by atoms with Gasteiger partial charge in [-0.1, -0.05) is 18.2 Å². The Kier molecular flexibility index (Phi) is 7.22. The van der Waals surface area contributed by atoms with E-state index in [1.807, 2.05) is 31.2 Å². The van der Waals surface area contributed by atoms with Gasteiger partial charge in [0.05, 0.1) is 12.6 Å². The maximum absolute atomic E-state index is 13.3. The lowest BCUT2D eigenvalue weighted by atomic mass is 10.1. The van der Waals surface area contributed by atoms with Gasteiger partial charge in [0, 0.05) is 32.6 Å². The highest BCUT2D eigenvalue weighted by Gasteiger charge is 2.44. The lowest BCUT2D eigenvalue weighted by molar-refractivity contribution is -0.144. The minimum absolute atomic E-state index is 0. The molecule has 6 nitrogen and oxygen atoms in total. The van der Waals surface area contributed by atoms with Gasteiger partial charge in [0.2, 0.25) is 5.91 Å². The first kappa shape index (κ1) is 22.4. The van der Waals surface area contributed by atoms with E-state index in [1.165, 1.54) is 0 Å². The molecular formula is C19H26ClF2N3O3. The molecule has 2 aliphatic heterocycles. The predicted molar refractivity (Wildman–Crippen MR) is 103 cm³/mol. The highest BCUT2D eigenvalue weighted by atomic mass is 35.5. The van der Waals surface area contributed by atoms with Crippen molar-refractivity contribution in [2.24, 2.45) is 0 Å². The lowest BCUT2D eigenvalue weighted by Crippen LogP contribution is -2.55. The number of carbonyl (C=O) groups excluding carboxylic acids is 2. The molecule has 0 bridgehead atoms. The third kappa shape index (κ3) is 5.11. The fourth-order valence-electron chi connectivity index (χ4n) is 3.44. The average molecular weight is 418 g/mol. The molecule has 0 spiro atoms. The van der Waals surface area contributed by atoms with Crippen molar-refractivity contribution in [3.05, 3.63) is 29.8 Å². The summed E-state index contributed by atoms with van der Waals surface area (Å²) in [6.07, 6.45) is -1.10. The van der Waals surface area contributed by atoms with Crippen molar-refractivity contribution < 1.29 is 23.1 Å². The third-order valence-electron chi connectivity index (χ3n) is 5.06. The van der Waals surface area contributed by atoms with Gasteiger partial charge in [0.1, 0.15) is 5.75 Å². The van der Waals surface area contributed by atoms with E-state index in [1.54, 1.807) is 16.7 Å². The predicted octanol–water partition coefficient (Wildman–Crippen LogP) is 1.85. The van der Waals surface area contributed by atoms with Crippen LogP contribution in [0.3, 0.4) is 0 Å². The van der Waals surface area contributed by atoms with Crippen molar-refractivity contribution in [3.63, 3.8) is 0 Å². The van der Waals surface area contributed by atoms with E-state index in [9.17, 15) is 18.4 Å². The molecule has 9 heteroatoms. The van der Waals surface area contributed by atoms with Gasteiger partial charge in [-0.15, -0.1) is 12.4 Å². The molecule has 28 heavy (non-hydrogen) atoms. The molecule has 3 rings (SSSR count). The smallest absolute Gasteiger partial charge is 0.263 e. The van der Waals surface area contributed by atoms with Crippen LogP contribution >= 0.6 is 12.4 Å². The maximum Gasteiger partial charge on any atom is 0.263 e. The Bertz CT molecular complexity index is 711. The summed E-state index contributed by atoms with van der Waals surface area (Å²) in [5.74, 6) is -2.62. The molecule has 2 unspecified atom stereocenters. The second-order valence-corrected chi connectivity index (χ2v) is 7.17. The SMILES string of the molecule is Cc1ccccc1OC(C)C(=O)N1CCN(C(=O)C2CC(F)(F)CN2)CC1.Cl. The summed E-state index contributed by atoms with van der Waals surface area (Å²) in [6.45, 7) is 4.57. The zero-order valence-electron chi connectivity index (χ0n) is 16.0. The number of halogens is 3. The van der Waals surface area contributed by atoms with E-state index >= 15 is 0 Å². The second-order valence-electron chi connectivity index (χ2n) is 7.17. The van der Waals surface area contributed by atoms with Crippen LogP contribution in [-0.4, -0.2) is 72.4 Å². The fourth-order valence-corrected chi connectivity index (χ4v) is 3.44. The maximum atomic E-state index is 13.3. The van der Waals surface area contributed by atoms with Crippen molar-refractivity contribution in [2.45, 2.75) is 38.3 Å². The van der Waals surface area contributed by atoms with Crippen molar-refractivity contribution in [1.29, 1.82) is 0 Å². The number of hydrogen-bond donors (Lipinski definition) is 1. The molecule has 2 amide bonds. The normalized spacial score (nSPS) is 22.4. The number of alkyl halides is 2. The van der Waals surface area contributed by atoms with Crippen LogP contribution in [0.15, 0.2) is 24.3 Å². The molecule has 0 aliphatic carbocycles. The van der Waals surface area contributed by atoms with E-state index in [0.29, 0.717) is 31.9 Å². The van der Waals surface area contributed by atoms with Gasteiger partial charge in [-0.25, -0.2) is 8.78 Å². The van der Waals surface area contributed by atoms with Crippen molar-refractivity contribution in [1.82, 2.24) is 15.1 Å². The molecule has 1 aromatic carbocycles. The van der Waals surface area contributed by atoms with Crippen LogP contribution in [0, 0.1) is 6.92 Å². The molecule has 2 aliphatic rings. The van der Waals surface area contributed by atoms with E-state index in [4.69, 9.17) is 4.74 Å². The second kappa shape index (κ2) is 9.05. The topological polar surface area (TPSA) is 61.9 Å². The number of nitrogens with zero attached hydrogens (tertiary/aromatic N) is 2. The van der Waals surface area contributed by atoms with E-state index in [0.717, 1.165) is 5.56 Å². The minimum Gasteiger partial charge on any atom is -0.481 e. The van der Waals surface area contributed by atoms with Crippen molar-refractivity contribution >= 4 is 24.2 Å². The number of ether oxygens (including phenoxy) is 1. The Morgan fingerprint density at radius 3 is 2.36 bits per heavy atom. The molecule has 156 valence electrons. The van der Waals surface area contributed by atoms with Gasteiger partial charge >= 0.3 is 0 Å². The number of aryl methyl sites for hydroxylation is 1. The molecule has 2 fully saturated rings. The molecule has 0 aromatic heterocycles. The van der Waals surface area contributed by atoms with Crippen LogP contribution < -0.4 is 10.1 Å². The Hall–Kier alpha value is -1.93.